The number of hydrogen-bond donors (Lipinski definition) is 3. The fraction of sp³-hybridized carbons (Fsp3) is 0. The average molecular weight is 189 g/mol. The highest BCUT2D eigenvalue weighted by Gasteiger charge is 2.10. The molecule has 0 fully saturated rings. The Labute approximate surface area is 80.6 Å². The topological polar surface area (TPSA) is 82.0 Å². The second-order valence-corrected chi connectivity index (χ2v) is 2.85. The largest absolute Gasteiger partial charge is 0.488 e. The predicted octanol–water partition coefficient (Wildman–Crippen LogP) is -0.849. The van der Waals surface area contributed by atoms with Crippen molar-refractivity contribution in [3.8, 4) is 11.3 Å². The van der Waals surface area contributed by atoms with E-state index in [1.165, 1.54) is 0 Å². The summed E-state index contributed by atoms with van der Waals surface area (Å²) in [5.41, 5.74) is 2.06. The Bertz CT molecular complexity index is 399. The highest BCUT2D eigenvalue weighted by Crippen LogP contribution is 2.12. The van der Waals surface area contributed by atoms with Crippen molar-refractivity contribution >= 4 is 12.6 Å². The van der Waals surface area contributed by atoms with Crippen molar-refractivity contribution < 1.29 is 10.0 Å². The molecule has 0 aliphatic carbocycles. The molecular formula is C8H8BN3O2. The second kappa shape index (κ2) is 3.61. The lowest BCUT2D eigenvalue weighted by Gasteiger charge is -1.99. The van der Waals surface area contributed by atoms with Crippen LogP contribution in [0, 0.1) is 0 Å². The Balaban J connectivity index is 2.31. The van der Waals surface area contributed by atoms with Gasteiger partial charge in [0.05, 0.1) is 6.20 Å². The SMILES string of the molecule is OB(O)c1ccc(-c2cn[nH]n2)cc1. The number of hydrogen-bond acceptors (Lipinski definition) is 4. The van der Waals surface area contributed by atoms with Gasteiger partial charge in [-0.2, -0.15) is 15.4 Å². The van der Waals surface area contributed by atoms with Crippen LogP contribution in [0.5, 0.6) is 0 Å². The monoisotopic (exact) mass is 189 g/mol. The van der Waals surface area contributed by atoms with E-state index in [1.54, 1.807) is 30.5 Å². The molecule has 2 rings (SSSR count). The summed E-state index contributed by atoms with van der Waals surface area (Å²) in [6.07, 6.45) is 1.60. The zero-order valence-corrected chi connectivity index (χ0v) is 7.25. The molecule has 1 heterocycles. The molecule has 0 aliphatic heterocycles. The van der Waals surface area contributed by atoms with Crippen LogP contribution >= 0.6 is 0 Å². The standard InChI is InChI=1S/C8H8BN3O2/c13-9(14)7-3-1-6(2-4-7)8-5-10-12-11-8/h1-5,13-14H,(H,10,11,12). The fourth-order valence-electron chi connectivity index (χ4n) is 1.17. The van der Waals surface area contributed by atoms with Crippen molar-refractivity contribution in [3.63, 3.8) is 0 Å². The first-order valence-corrected chi connectivity index (χ1v) is 4.09. The van der Waals surface area contributed by atoms with Crippen molar-refractivity contribution in [3.05, 3.63) is 30.5 Å². The van der Waals surface area contributed by atoms with Gasteiger partial charge in [-0.15, -0.1) is 0 Å². The molecule has 0 saturated carbocycles. The van der Waals surface area contributed by atoms with E-state index < -0.39 is 7.12 Å². The Hall–Kier alpha value is -1.66. The maximum Gasteiger partial charge on any atom is 0.488 e. The van der Waals surface area contributed by atoms with Crippen LogP contribution in [0.4, 0.5) is 0 Å². The highest BCUT2D eigenvalue weighted by molar-refractivity contribution is 6.58. The van der Waals surface area contributed by atoms with Gasteiger partial charge in [0.1, 0.15) is 5.69 Å². The molecule has 0 unspecified atom stereocenters. The molecule has 2 aromatic rings. The quantitative estimate of drug-likeness (QED) is 0.537. The minimum absolute atomic E-state index is 0.456. The summed E-state index contributed by atoms with van der Waals surface area (Å²) in [7, 11) is -1.43. The molecule has 6 heteroatoms. The molecule has 1 aromatic carbocycles. The van der Waals surface area contributed by atoms with Crippen LogP contribution in [0.2, 0.25) is 0 Å². The van der Waals surface area contributed by atoms with Gasteiger partial charge in [-0.05, 0) is 5.46 Å². The average Bonchev–Trinajstić information content (AvgIpc) is 2.71. The van der Waals surface area contributed by atoms with Crippen molar-refractivity contribution in [2.45, 2.75) is 0 Å². The van der Waals surface area contributed by atoms with E-state index in [0.717, 1.165) is 11.3 Å². The van der Waals surface area contributed by atoms with Crippen LogP contribution in [0.3, 0.4) is 0 Å². The van der Waals surface area contributed by atoms with E-state index in [1.807, 2.05) is 0 Å². The second-order valence-electron chi connectivity index (χ2n) is 2.85. The van der Waals surface area contributed by atoms with Crippen molar-refractivity contribution in [1.82, 2.24) is 15.4 Å². The molecule has 0 atom stereocenters. The Kier molecular flexibility index (Phi) is 2.30. The van der Waals surface area contributed by atoms with Gasteiger partial charge in [0.25, 0.3) is 0 Å². The summed E-state index contributed by atoms with van der Waals surface area (Å²) in [6.45, 7) is 0. The molecule has 0 radical (unpaired) electrons. The molecule has 3 N–H and O–H groups in total. The van der Waals surface area contributed by atoms with E-state index in [-0.39, 0.29) is 0 Å². The number of aromatic amines is 1. The molecule has 0 spiro atoms. The van der Waals surface area contributed by atoms with Gasteiger partial charge in [-0.25, -0.2) is 0 Å². The number of nitrogens with one attached hydrogen (secondary N) is 1. The van der Waals surface area contributed by atoms with Gasteiger partial charge in [-0.3, -0.25) is 0 Å². The lowest BCUT2D eigenvalue weighted by Crippen LogP contribution is -2.29. The van der Waals surface area contributed by atoms with Crippen molar-refractivity contribution in [2.75, 3.05) is 0 Å². The molecule has 0 saturated heterocycles. The van der Waals surface area contributed by atoms with Crippen molar-refractivity contribution in [1.29, 1.82) is 0 Å². The van der Waals surface area contributed by atoms with E-state index >= 15 is 0 Å². The maximum absolute atomic E-state index is 8.87. The Morgan fingerprint density at radius 2 is 1.86 bits per heavy atom. The minimum Gasteiger partial charge on any atom is -0.423 e. The van der Waals surface area contributed by atoms with Gasteiger partial charge < -0.3 is 10.0 Å². The smallest absolute Gasteiger partial charge is 0.423 e. The maximum atomic E-state index is 8.87. The minimum atomic E-state index is -1.43. The summed E-state index contributed by atoms with van der Waals surface area (Å²) in [5.74, 6) is 0. The molecule has 0 amide bonds. The number of H-pyrrole nitrogens is 1. The normalized spacial score (nSPS) is 10.1. The summed E-state index contributed by atoms with van der Waals surface area (Å²) < 4.78 is 0. The molecule has 70 valence electrons. The number of rotatable bonds is 2. The third-order valence-corrected chi connectivity index (χ3v) is 1.92. The molecule has 14 heavy (non-hydrogen) atoms. The summed E-state index contributed by atoms with van der Waals surface area (Å²) in [5, 5.41) is 27.8. The first-order valence-electron chi connectivity index (χ1n) is 4.09. The van der Waals surface area contributed by atoms with Gasteiger partial charge in [0, 0.05) is 5.56 Å². The number of benzene rings is 1. The van der Waals surface area contributed by atoms with Crippen LogP contribution < -0.4 is 5.46 Å². The first kappa shape index (κ1) is 8.92. The Morgan fingerprint density at radius 3 is 2.36 bits per heavy atom. The van der Waals surface area contributed by atoms with Crippen LogP contribution in [0.1, 0.15) is 0 Å². The van der Waals surface area contributed by atoms with E-state index in [2.05, 4.69) is 15.4 Å². The van der Waals surface area contributed by atoms with Crippen LogP contribution in [-0.4, -0.2) is 32.6 Å². The lowest BCUT2D eigenvalue weighted by molar-refractivity contribution is 0.426. The van der Waals surface area contributed by atoms with Gasteiger partial charge in [0.2, 0.25) is 0 Å². The first-order chi connectivity index (χ1) is 6.77. The summed E-state index contributed by atoms with van der Waals surface area (Å²) in [4.78, 5) is 0. The summed E-state index contributed by atoms with van der Waals surface area (Å²) >= 11 is 0. The fourth-order valence-corrected chi connectivity index (χ4v) is 1.17. The third kappa shape index (κ3) is 1.66. The van der Waals surface area contributed by atoms with Gasteiger partial charge in [0.15, 0.2) is 0 Å². The molecule has 0 bridgehead atoms. The number of nitrogens with zero attached hydrogens (tertiary/aromatic N) is 2. The van der Waals surface area contributed by atoms with E-state index in [0.29, 0.717) is 5.46 Å². The zero-order chi connectivity index (χ0) is 9.97. The van der Waals surface area contributed by atoms with Gasteiger partial charge in [-0.1, -0.05) is 24.3 Å². The van der Waals surface area contributed by atoms with Crippen LogP contribution in [0.15, 0.2) is 30.5 Å². The van der Waals surface area contributed by atoms with Gasteiger partial charge >= 0.3 is 7.12 Å². The number of aromatic nitrogens is 3. The molecule has 1 aromatic heterocycles. The zero-order valence-electron chi connectivity index (χ0n) is 7.25. The highest BCUT2D eigenvalue weighted by atomic mass is 16.4. The molecule has 5 nitrogen and oxygen atoms in total. The summed E-state index contributed by atoms with van der Waals surface area (Å²) in [6, 6.07) is 6.78. The van der Waals surface area contributed by atoms with E-state index in [4.69, 9.17) is 10.0 Å². The van der Waals surface area contributed by atoms with Crippen LogP contribution in [0.25, 0.3) is 11.3 Å². The van der Waals surface area contributed by atoms with E-state index in [9.17, 15) is 0 Å². The van der Waals surface area contributed by atoms with Crippen LogP contribution in [-0.2, 0) is 0 Å². The lowest BCUT2D eigenvalue weighted by atomic mass is 9.80. The Morgan fingerprint density at radius 1 is 1.14 bits per heavy atom. The van der Waals surface area contributed by atoms with Crippen molar-refractivity contribution in [2.24, 2.45) is 0 Å². The predicted molar refractivity (Wildman–Crippen MR) is 51.6 cm³/mol. The molecular weight excluding hydrogens is 181 g/mol. The molecule has 0 aliphatic rings. The third-order valence-electron chi connectivity index (χ3n) is 1.92.